The molecule has 0 bridgehead atoms. The lowest BCUT2D eigenvalue weighted by Gasteiger charge is -2.08. The lowest BCUT2D eigenvalue weighted by molar-refractivity contribution is 0.174. The number of hydrogen-bond donors (Lipinski definition) is 2. The molecular formula is C19H22N2O4. The first-order valence-corrected chi connectivity index (χ1v) is 8.28. The minimum Gasteiger partial charge on any atom is -0.497 e. The maximum Gasteiger partial charge on any atom is 0.314 e. The van der Waals surface area contributed by atoms with E-state index in [1.807, 2.05) is 42.5 Å². The second-order valence-corrected chi connectivity index (χ2v) is 5.72. The Morgan fingerprint density at radius 3 is 2.32 bits per heavy atom. The minimum absolute atomic E-state index is 0.158. The van der Waals surface area contributed by atoms with Gasteiger partial charge in [0.05, 0.1) is 7.11 Å². The highest BCUT2D eigenvalue weighted by molar-refractivity contribution is 5.73. The van der Waals surface area contributed by atoms with E-state index >= 15 is 0 Å². The van der Waals surface area contributed by atoms with E-state index in [0.29, 0.717) is 13.1 Å². The van der Waals surface area contributed by atoms with Crippen molar-refractivity contribution in [3.63, 3.8) is 0 Å². The van der Waals surface area contributed by atoms with Gasteiger partial charge in [-0.1, -0.05) is 18.2 Å². The Morgan fingerprint density at radius 2 is 1.60 bits per heavy atom. The summed E-state index contributed by atoms with van der Waals surface area (Å²) in [6, 6.07) is 13.5. The normalized spacial score (nSPS) is 11.9. The highest BCUT2D eigenvalue weighted by Crippen LogP contribution is 2.32. The molecule has 1 aliphatic heterocycles. The van der Waals surface area contributed by atoms with E-state index in [2.05, 4.69) is 10.6 Å². The van der Waals surface area contributed by atoms with Gasteiger partial charge in [0.2, 0.25) is 6.79 Å². The van der Waals surface area contributed by atoms with Crippen molar-refractivity contribution in [1.29, 1.82) is 0 Å². The third-order valence-electron chi connectivity index (χ3n) is 3.99. The van der Waals surface area contributed by atoms with E-state index in [1.165, 1.54) is 0 Å². The number of ether oxygens (including phenoxy) is 3. The molecule has 1 heterocycles. The quantitative estimate of drug-likeness (QED) is 0.811. The number of rotatable bonds is 7. The SMILES string of the molecule is COc1ccc(CCNC(=O)NCCc2ccc3c(c2)OCO3)cc1. The molecule has 2 aromatic rings. The Morgan fingerprint density at radius 1 is 0.960 bits per heavy atom. The van der Waals surface area contributed by atoms with E-state index in [-0.39, 0.29) is 12.8 Å². The molecule has 0 saturated heterocycles. The molecule has 2 aromatic carbocycles. The topological polar surface area (TPSA) is 68.8 Å². The maximum absolute atomic E-state index is 11.8. The third kappa shape index (κ3) is 4.79. The van der Waals surface area contributed by atoms with Crippen LogP contribution in [0, 0.1) is 0 Å². The van der Waals surface area contributed by atoms with E-state index in [1.54, 1.807) is 7.11 Å². The number of urea groups is 1. The summed E-state index contributed by atoms with van der Waals surface area (Å²) < 4.78 is 15.7. The van der Waals surface area contributed by atoms with Crippen LogP contribution in [-0.4, -0.2) is 33.0 Å². The Hall–Kier alpha value is -2.89. The van der Waals surface area contributed by atoms with E-state index in [9.17, 15) is 4.79 Å². The van der Waals surface area contributed by atoms with Crippen LogP contribution in [0.5, 0.6) is 17.2 Å². The molecule has 132 valence electrons. The zero-order valence-electron chi connectivity index (χ0n) is 14.2. The largest absolute Gasteiger partial charge is 0.497 e. The molecule has 0 fully saturated rings. The summed E-state index contributed by atoms with van der Waals surface area (Å²) in [6.07, 6.45) is 1.52. The molecule has 0 aromatic heterocycles. The van der Waals surface area contributed by atoms with Crippen molar-refractivity contribution in [2.45, 2.75) is 12.8 Å². The summed E-state index contributed by atoms with van der Waals surface area (Å²) in [4.78, 5) is 11.8. The molecule has 25 heavy (non-hydrogen) atoms. The molecule has 3 rings (SSSR count). The van der Waals surface area contributed by atoms with Crippen molar-refractivity contribution < 1.29 is 19.0 Å². The van der Waals surface area contributed by atoms with Crippen LogP contribution in [0.2, 0.25) is 0 Å². The number of amides is 2. The van der Waals surface area contributed by atoms with Gasteiger partial charge in [-0.2, -0.15) is 0 Å². The lowest BCUT2D eigenvalue weighted by atomic mass is 10.1. The Labute approximate surface area is 147 Å². The van der Waals surface area contributed by atoms with Gasteiger partial charge in [0.25, 0.3) is 0 Å². The van der Waals surface area contributed by atoms with Gasteiger partial charge in [-0.3, -0.25) is 0 Å². The highest BCUT2D eigenvalue weighted by Gasteiger charge is 2.13. The van der Waals surface area contributed by atoms with Gasteiger partial charge in [-0.15, -0.1) is 0 Å². The summed E-state index contributed by atoms with van der Waals surface area (Å²) >= 11 is 0. The van der Waals surface area contributed by atoms with Crippen LogP contribution in [-0.2, 0) is 12.8 Å². The van der Waals surface area contributed by atoms with Gasteiger partial charge in [0.1, 0.15) is 5.75 Å². The molecule has 0 radical (unpaired) electrons. The van der Waals surface area contributed by atoms with E-state index in [4.69, 9.17) is 14.2 Å². The summed E-state index contributed by atoms with van der Waals surface area (Å²) in [5.41, 5.74) is 2.25. The number of carbonyl (C=O) groups excluding carboxylic acids is 1. The smallest absolute Gasteiger partial charge is 0.314 e. The lowest BCUT2D eigenvalue weighted by Crippen LogP contribution is -2.37. The second kappa shape index (κ2) is 8.28. The summed E-state index contributed by atoms with van der Waals surface area (Å²) in [6.45, 7) is 1.42. The molecule has 6 nitrogen and oxygen atoms in total. The van der Waals surface area contributed by atoms with Crippen molar-refractivity contribution in [3.8, 4) is 17.2 Å². The predicted octanol–water partition coefficient (Wildman–Crippen LogP) is 2.51. The van der Waals surface area contributed by atoms with Crippen LogP contribution in [0.1, 0.15) is 11.1 Å². The number of methoxy groups -OCH3 is 1. The van der Waals surface area contributed by atoms with E-state index in [0.717, 1.165) is 41.2 Å². The Kier molecular flexibility index (Phi) is 5.61. The van der Waals surface area contributed by atoms with Gasteiger partial charge in [0, 0.05) is 13.1 Å². The molecule has 0 atom stereocenters. The van der Waals surface area contributed by atoms with Crippen molar-refractivity contribution >= 4 is 6.03 Å². The third-order valence-corrected chi connectivity index (χ3v) is 3.99. The number of nitrogens with one attached hydrogen (secondary N) is 2. The molecule has 0 spiro atoms. The standard InChI is InChI=1S/C19H22N2O4/c1-23-16-5-2-14(3-6-16)8-10-20-19(22)21-11-9-15-4-7-17-18(12-15)25-13-24-17/h2-7,12H,8-11,13H2,1H3,(H2,20,21,22). The first-order valence-electron chi connectivity index (χ1n) is 8.28. The molecular weight excluding hydrogens is 320 g/mol. The summed E-state index contributed by atoms with van der Waals surface area (Å²) in [5, 5.41) is 5.72. The van der Waals surface area contributed by atoms with Gasteiger partial charge >= 0.3 is 6.03 Å². The van der Waals surface area contributed by atoms with Gasteiger partial charge in [-0.25, -0.2) is 4.79 Å². The average molecular weight is 342 g/mol. The fourth-order valence-corrected chi connectivity index (χ4v) is 2.59. The van der Waals surface area contributed by atoms with Crippen LogP contribution in [0.25, 0.3) is 0 Å². The minimum atomic E-state index is -0.158. The van der Waals surface area contributed by atoms with Crippen LogP contribution < -0.4 is 24.8 Å². The predicted molar refractivity (Wildman–Crippen MR) is 94.4 cm³/mol. The summed E-state index contributed by atoms with van der Waals surface area (Å²) in [7, 11) is 1.64. The molecule has 0 unspecified atom stereocenters. The van der Waals surface area contributed by atoms with Crippen molar-refractivity contribution in [3.05, 3.63) is 53.6 Å². The average Bonchev–Trinajstić information content (AvgIpc) is 3.10. The highest BCUT2D eigenvalue weighted by atomic mass is 16.7. The van der Waals surface area contributed by atoms with Gasteiger partial charge in [0.15, 0.2) is 11.5 Å². The fraction of sp³-hybridized carbons (Fsp3) is 0.316. The van der Waals surface area contributed by atoms with Crippen LogP contribution in [0.15, 0.2) is 42.5 Å². The van der Waals surface area contributed by atoms with Crippen molar-refractivity contribution in [2.24, 2.45) is 0 Å². The zero-order valence-corrected chi connectivity index (χ0v) is 14.2. The van der Waals surface area contributed by atoms with Crippen LogP contribution >= 0.6 is 0 Å². The number of benzene rings is 2. The molecule has 0 aliphatic carbocycles. The van der Waals surface area contributed by atoms with Gasteiger partial charge < -0.3 is 24.8 Å². The number of carbonyl (C=O) groups is 1. The zero-order chi connectivity index (χ0) is 17.5. The fourth-order valence-electron chi connectivity index (χ4n) is 2.59. The first kappa shape index (κ1) is 17.0. The van der Waals surface area contributed by atoms with E-state index < -0.39 is 0 Å². The summed E-state index contributed by atoms with van der Waals surface area (Å²) in [5.74, 6) is 2.37. The van der Waals surface area contributed by atoms with Crippen molar-refractivity contribution in [2.75, 3.05) is 27.0 Å². The van der Waals surface area contributed by atoms with Crippen LogP contribution in [0.3, 0.4) is 0 Å². The first-order chi connectivity index (χ1) is 12.2. The molecule has 6 heteroatoms. The maximum atomic E-state index is 11.8. The monoisotopic (exact) mass is 342 g/mol. The molecule has 1 aliphatic rings. The number of hydrogen-bond acceptors (Lipinski definition) is 4. The molecule has 2 amide bonds. The van der Waals surface area contributed by atoms with Gasteiger partial charge in [-0.05, 0) is 48.2 Å². The van der Waals surface area contributed by atoms with Crippen LogP contribution in [0.4, 0.5) is 4.79 Å². The molecule has 2 N–H and O–H groups in total. The molecule has 0 saturated carbocycles. The number of fused-ring (bicyclic) bond motifs is 1. The Balaban J connectivity index is 1.34. The second-order valence-electron chi connectivity index (χ2n) is 5.72. The van der Waals surface area contributed by atoms with Crippen molar-refractivity contribution in [1.82, 2.24) is 10.6 Å². The Bertz CT molecular complexity index is 716.